The van der Waals surface area contributed by atoms with E-state index >= 15 is 0 Å². The summed E-state index contributed by atoms with van der Waals surface area (Å²) in [6.07, 6.45) is 11.9. The highest BCUT2D eigenvalue weighted by molar-refractivity contribution is 6.34. The van der Waals surface area contributed by atoms with Gasteiger partial charge in [-0.1, -0.05) is 47.8 Å². The van der Waals surface area contributed by atoms with Crippen molar-refractivity contribution in [2.75, 3.05) is 0 Å². The van der Waals surface area contributed by atoms with E-state index in [1.165, 1.54) is 5.56 Å². The normalized spacial score (nSPS) is 15.9. The first-order valence-corrected chi connectivity index (χ1v) is 13.8. The molecule has 1 heterocycles. The zero-order chi connectivity index (χ0) is 25.8. The molecule has 2 N–H and O–H groups in total. The summed E-state index contributed by atoms with van der Waals surface area (Å²) in [7, 11) is 0. The molecular weight excluding hydrogens is 507 g/mol. The van der Waals surface area contributed by atoms with Crippen LogP contribution in [0, 0.1) is 0 Å². The predicted molar refractivity (Wildman–Crippen MR) is 147 cm³/mol. The van der Waals surface area contributed by atoms with E-state index in [0.717, 1.165) is 72.9 Å². The highest BCUT2D eigenvalue weighted by Gasteiger charge is 2.46. The number of carbonyl (C=O) groups is 1. The first-order chi connectivity index (χ1) is 17.9. The Labute approximate surface area is 228 Å². The molecule has 3 aromatic rings. The van der Waals surface area contributed by atoms with Gasteiger partial charge in [0.15, 0.2) is 0 Å². The van der Waals surface area contributed by atoms with Crippen molar-refractivity contribution in [3.8, 4) is 16.9 Å². The number of aryl methyl sites for hydroxylation is 1. The molecule has 194 valence electrons. The molecule has 2 fully saturated rings. The Kier molecular flexibility index (Phi) is 8.04. The number of halogens is 2. The van der Waals surface area contributed by atoms with Crippen molar-refractivity contribution in [2.45, 2.75) is 76.0 Å². The molecule has 7 heteroatoms. The van der Waals surface area contributed by atoms with Gasteiger partial charge in [-0.3, -0.25) is 9.78 Å². The molecule has 2 saturated carbocycles. The van der Waals surface area contributed by atoms with Crippen LogP contribution >= 0.6 is 23.2 Å². The number of hydrogen-bond donors (Lipinski definition) is 2. The number of para-hydroxylation sites is 1. The van der Waals surface area contributed by atoms with Crippen LogP contribution in [0.4, 0.5) is 0 Å². The summed E-state index contributed by atoms with van der Waals surface area (Å²) in [6.45, 7) is 0.603. The first kappa shape index (κ1) is 26.0. The molecule has 0 atom stereocenters. The van der Waals surface area contributed by atoms with Gasteiger partial charge < -0.3 is 15.2 Å². The van der Waals surface area contributed by atoms with Gasteiger partial charge in [0.1, 0.15) is 5.75 Å². The molecule has 0 saturated heterocycles. The van der Waals surface area contributed by atoms with Gasteiger partial charge in [0.2, 0.25) is 0 Å². The molecule has 0 aliphatic heterocycles. The number of rotatable bonds is 13. The first-order valence-electron chi connectivity index (χ1n) is 13.1. The maximum absolute atomic E-state index is 10.7. The lowest BCUT2D eigenvalue weighted by Crippen LogP contribution is -2.29. The van der Waals surface area contributed by atoms with E-state index in [1.54, 1.807) is 0 Å². The van der Waals surface area contributed by atoms with Gasteiger partial charge in [-0.15, -0.1) is 0 Å². The molecule has 2 aromatic carbocycles. The van der Waals surface area contributed by atoms with Crippen molar-refractivity contribution in [3.63, 3.8) is 0 Å². The van der Waals surface area contributed by atoms with Crippen molar-refractivity contribution in [1.82, 2.24) is 10.3 Å². The highest BCUT2D eigenvalue weighted by atomic mass is 35.5. The summed E-state index contributed by atoms with van der Waals surface area (Å²) in [5, 5.41) is 14.0. The molecule has 37 heavy (non-hydrogen) atoms. The molecule has 5 nitrogen and oxygen atoms in total. The Morgan fingerprint density at radius 3 is 2.54 bits per heavy atom. The van der Waals surface area contributed by atoms with Crippen LogP contribution in [-0.2, 0) is 23.3 Å². The minimum Gasteiger partial charge on any atom is -0.490 e. The van der Waals surface area contributed by atoms with Crippen LogP contribution in [0.3, 0.4) is 0 Å². The van der Waals surface area contributed by atoms with Gasteiger partial charge in [-0.2, -0.15) is 0 Å². The summed E-state index contributed by atoms with van der Waals surface area (Å²) in [4.78, 5) is 15.2. The SMILES string of the molecule is O=C(O)CCCCCc1cc(Cl)c(CNC2(c3cnccc3-c3ccccc3OC3CC3)CC2)cc1Cl. The quantitative estimate of drug-likeness (QED) is 0.219. The lowest BCUT2D eigenvalue weighted by atomic mass is 9.94. The summed E-state index contributed by atoms with van der Waals surface area (Å²) in [5.74, 6) is 0.183. The molecule has 2 aliphatic rings. The standard InChI is InChI=1S/C30H32Cl2N2O3/c31-26-17-21(27(32)16-20(26)6-2-1-3-9-29(35)36)18-34-30(13-14-30)25-19-33-15-12-23(25)24-7-4-5-8-28(24)37-22-10-11-22/h4-5,7-8,12,15-17,19,22,34H,1-3,6,9-11,13-14,18H2,(H,35,36). The van der Waals surface area contributed by atoms with E-state index < -0.39 is 5.97 Å². The molecule has 2 aliphatic carbocycles. The van der Waals surface area contributed by atoms with E-state index in [4.69, 9.17) is 33.0 Å². The van der Waals surface area contributed by atoms with Crippen LogP contribution in [0.1, 0.15) is 68.1 Å². The van der Waals surface area contributed by atoms with Crippen LogP contribution in [0.25, 0.3) is 11.1 Å². The van der Waals surface area contributed by atoms with E-state index in [-0.39, 0.29) is 12.0 Å². The van der Waals surface area contributed by atoms with Crippen LogP contribution in [0.15, 0.2) is 54.9 Å². The van der Waals surface area contributed by atoms with Crippen molar-refractivity contribution in [3.05, 3.63) is 81.6 Å². The summed E-state index contributed by atoms with van der Waals surface area (Å²) < 4.78 is 6.22. The average molecular weight is 540 g/mol. The van der Waals surface area contributed by atoms with Crippen LogP contribution in [0.5, 0.6) is 5.75 Å². The summed E-state index contributed by atoms with van der Waals surface area (Å²) in [5.41, 5.74) is 5.26. The molecule has 5 rings (SSSR count). The van der Waals surface area contributed by atoms with Crippen LogP contribution in [0.2, 0.25) is 10.0 Å². The van der Waals surface area contributed by atoms with Crippen molar-refractivity contribution >= 4 is 29.2 Å². The van der Waals surface area contributed by atoms with Crippen molar-refractivity contribution in [1.29, 1.82) is 0 Å². The molecule has 0 bridgehead atoms. The molecule has 0 spiro atoms. The third-order valence-corrected chi connectivity index (χ3v) is 7.96. The number of benzene rings is 2. The van der Waals surface area contributed by atoms with Gasteiger partial charge in [0.05, 0.1) is 6.10 Å². The lowest BCUT2D eigenvalue weighted by molar-refractivity contribution is -0.137. The minimum atomic E-state index is -0.749. The van der Waals surface area contributed by atoms with E-state index in [0.29, 0.717) is 29.1 Å². The van der Waals surface area contributed by atoms with Crippen molar-refractivity contribution < 1.29 is 14.6 Å². The second kappa shape index (κ2) is 11.4. The number of hydrogen-bond acceptors (Lipinski definition) is 4. The highest BCUT2D eigenvalue weighted by Crippen LogP contribution is 2.50. The summed E-state index contributed by atoms with van der Waals surface area (Å²) >= 11 is 13.3. The zero-order valence-electron chi connectivity index (χ0n) is 20.8. The van der Waals surface area contributed by atoms with E-state index in [1.807, 2.05) is 30.6 Å². The van der Waals surface area contributed by atoms with Crippen LogP contribution < -0.4 is 10.1 Å². The third kappa shape index (κ3) is 6.46. The lowest BCUT2D eigenvalue weighted by Gasteiger charge is -2.23. The number of nitrogens with zero attached hydrogens (tertiary/aromatic N) is 1. The van der Waals surface area contributed by atoms with E-state index in [2.05, 4.69) is 34.6 Å². The smallest absolute Gasteiger partial charge is 0.303 e. The molecular formula is C30H32Cl2N2O3. The van der Waals surface area contributed by atoms with Crippen molar-refractivity contribution in [2.24, 2.45) is 0 Å². The fraction of sp³-hybridized carbons (Fsp3) is 0.400. The number of nitrogens with one attached hydrogen (secondary N) is 1. The number of ether oxygens (including phenoxy) is 1. The second-order valence-corrected chi connectivity index (χ2v) is 11.0. The molecule has 0 radical (unpaired) electrons. The Morgan fingerprint density at radius 2 is 1.78 bits per heavy atom. The Morgan fingerprint density at radius 1 is 1.03 bits per heavy atom. The van der Waals surface area contributed by atoms with Gasteiger partial charge in [0, 0.05) is 46.5 Å². The van der Waals surface area contributed by atoms with Gasteiger partial charge in [-0.05, 0) is 91.5 Å². The Hall–Kier alpha value is -2.60. The molecule has 1 aromatic heterocycles. The monoisotopic (exact) mass is 538 g/mol. The number of pyridine rings is 1. The number of unbranched alkanes of at least 4 members (excludes halogenated alkanes) is 2. The maximum Gasteiger partial charge on any atom is 0.303 e. The minimum absolute atomic E-state index is 0.158. The van der Waals surface area contributed by atoms with Gasteiger partial charge in [0.25, 0.3) is 0 Å². The number of carboxylic acids is 1. The second-order valence-electron chi connectivity index (χ2n) is 10.2. The largest absolute Gasteiger partial charge is 0.490 e. The topological polar surface area (TPSA) is 71.5 Å². The van der Waals surface area contributed by atoms with E-state index in [9.17, 15) is 4.79 Å². The summed E-state index contributed by atoms with van der Waals surface area (Å²) in [6, 6.07) is 14.3. The predicted octanol–water partition coefficient (Wildman–Crippen LogP) is 7.56. The number of aromatic nitrogens is 1. The Balaban J connectivity index is 1.28. The molecule has 0 amide bonds. The number of carboxylic acid groups (broad SMARTS) is 1. The Bertz CT molecular complexity index is 1270. The van der Waals surface area contributed by atoms with Gasteiger partial charge in [-0.25, -0.2) is 0 Å². The fourth-order valence-electron chi connectivity index (χ4n) is 4.82. The average Bonchev–Trinajstić information content (AvgIpc) is 3.82. The zero-order valence-corrected chi connectivity index (χ0v) is 22.3. The third-order valence-electron chi connectivity index (χ3n) is 7.25. The maximum atomic E-state index is 10.7. The fourth-order valence-corrected chi connectivity index (χ4v) is 5.36. The van der Waals surface area contributed by atoms with Crippen LogP contribution in [-0.4, -0.2) is 22.2 Å². The molecule has 0 unspecified atom stereocenters. The van der Waals surface area contributed by atoms with Gasteiger partial charge >= 0.3 is 5.97 Å². The number of aliphatic carboxylic acids is 1.